The lowest BCUT2D eigenvalue weighted by atomic mass is 9.99. The molecule has 2 aliphatic heterocycles. The van der Waals surface area contributed by atoms with E-state index in [0.29, 0.717) is 45.6 Å². The first-order chi connectivity index (χ1) is 20.9. The van der Waals surface area contributed by atoms with E-state index in [1.165, 1.54) is 20.3 Å². The number of aliphatic hydroxyl groups is 2. The molecule has 0 aliphatic carbocycles. The van der Waals surface area contributed by atoms with E-state index in [4.69, 9.17) is 33.2 Å². The molecule has 0 radical (unpaired) electrons. The summed E-state index contributed by atoms with van der Waals surface area (Å²) in [7, 11) is 4.52. The van der Waals surface area contributed by atoms with Crippen LogP contribution in [0.4, 0.5) is 0 Å². The summed E-state index contributed by atoms with van der Waals surface area (Å²) in [6.45, 7) is 1.45. The molecule has 0 aromatic heterocycles. The fourth-order valence-electron chi connectivity index (χ4n) is 5.09. The lowest BCUT2D eigenvalue weighted by molar-refractivity contribution is -0.0194. The molecule has 10 nitrogen and oxygen atoms in total. The van der Waals surface area contributed by atoms with Gasteiger partial charge in [0.15, 0.2) is 58.9 Å². The van der Waals surface area contributed by atoms with Gasteiger partial charge < -0.3 is 48.5 Å². The summed E-state index contributed by atoms with van der Waals surface area (Å²) in [6.07, 6.45) is 1.10. The smallest absolute Gasteiger partial charge is 0.204 e. The Balaban J connectivity index is 1.51. The molecule has 4 atom stereocenters. The van der Waals surface area contributed by atoms with Crippen LogP contribution in [0.2, 0.25) is 0 Å². The predicted molar refractivity (Wildman–Crippen MR) is 162 cm³/mol. The van der Waals surface area contributed by atoms with Gasteiger partial charge >= 0.3 is 0 Å². The van der Waals surface area contributed by atoms with Gasteiger partial charge in [0.2, 0.25) is 11.5 Å². The Morgan fingerprint density at radius 1 is 0.744 bits per heavy atom. The second-order valence-electron chi connectivity index (χ2n) is 9.85. The standard InChI is InChI=1S/C32H36O10S/c1-5-43-10-6-7-18-11-23(37-3)31-25(12-18)39-30(28(17-34)42-31)20-14-24(38-4)32-26(15-20)40-29(27(16-33)41-32)19-8-9-21(35)22(13-19)36-2/h6-9,11-15,27-30,33-35H,5,10,16-17H2,1-4H3/b7-6+. The van der Waals surface area contributed by atoms with Crippen LogP contribution >= 0.6 is 11.8 Å². The zero-order chi connectivity index (χ0) is 30.5. The van der Waals surface area contributed by atoms with Crippen LogP contribution in [0.1, 0.15) is 35.8 Å². The monoisotopic (exact) mass is 612 g/mol. The molecule has 230 valence electrons. The molecular weight excluding hydrogens is 576 g/mol. The quantitative estimate of drug-likeness (QED) is 0.255. The Hall–Kier alpha value is -3.93. The molecule has 0 fully saturated rings. The minimum absolute atomic E-state index is 0.0206. The first-order valence-corrected chi connectivity index (χ1v) is 15.0. The van der Waals surface area contributed by atoms with Gasteiger partial charge in [-0.3, -0.25) is 0 Å². The first kappa shape index (κ1) is 30.5. The van der Waals surface area contributed by atoms with Crippen molar-refractivity contribution in [3.05, 3.63) is 65.2 Å². The van der Waals surface area contributed by atoms with Gasteiger partial charge in [-0.25, -0.2) is 0 Å². The Kier molecular flexibility index (Phi) is 9.64. The Morgan fingerprint density at radius 2 is 1.33 bits per heavy atom. The number of ether oxygens (including phenoxy) is 7. The number of phenols is 1. The van der Waals surface area contributed by atoms with E-state index < -0.39 is 24.4 Å². The molecule has 3 aromatic rings. The van der Waals surface area contributed by atoms with Crippen LogP contribution in [0.3, 0.4) is 0 Å². The van der Waals surface area contributed by atoms with Crippen LogP contribution in [0.5, 0.6) is 46.0 Å². The van der Waals surface area contributed by atoms with E-state index in [9.17, 15) is 15.3 Å². The van der Waals surface area contributed by atoms with Gasteiger partial charge in [-0.2, -0.15) is 11.8 Å². The third kappa shape index (κ3) is 6.24. The van der Waals surface area contributed by atoms with E-state index in [-0.39, 0.29) is 24.7 Å². The van der Waals surface area contributed by atoms with E-state index in [0.717, 1.165) is 17.1 Å². The van der Waals surface area contributed by atoms with Crippen LogP contribution < -0.4 is 33.2 Å². The van der Waals surface area contributed by atoms with E-state index in [1.807, 2.05) is 30.0 Å². The van der Waals surface area contributed by atoms with Crippen LogP contribution in [-0.4, -0.2) is 73.6 Å². The number of benzene rings is 3. The minimum atomic E-state index is -0.765. The fraction of sp³-hybridized carbons (Fsp3) is 0.375. The SMILES string of the molecule is CCSC/C=C/c1cc(OC)c2c(c1)OC(c1cc(OC)c3c(c1)OC(c1ccc(O)c(OC)c1)C(CO)O3)C(CO)O2. The molecule has 0 amide bonds. The highest BCUT2D eigenvalue weighted by atomic mass is 32.2. The zero-order valence-corrected chi connectivity index (χ0v) is 25.3. The van der Waals surface area contributed by atoms with Crippen LogP contribution in [0.15, 0.2) is 48.5 Å². The Bertz CT molecular complexity index is 1460. The number of fused-ring (bicyclic) bond motifs is 2. The largest absolute Gasteiger partial charge is 0.504 e. The molecule has 0 saturated carbocycles. The number of hydrogen-bond donors (Lipinski definition) is 3. The Morgan fingerprint density at radius 3 is 1.93 bits per heavy atom. The molecule has 2 heterocycles. The van der Waals surface area contributed by atoms with Crippen LogP contribution in [0, 0.1) is 0 Å². The van der Waals surface area contributed by atoms with Crippen molar-refractivity contribution in [3.63, 3.8) is 0 Å². The van der Waals surface area contributed by atoms with Crippen LogP contribution in [-0.2, 0) is 0 Å². The number of hydrogen-bond acceptors (Lipinski definition) is 11. The number of thioether (sulfide) groups is 1. The molecular formula is C32H36O10S. The number of phenolic OH excluding ortho intramolecular Hbond substituents is 1. The van der Waals surface area contributed by atoms with Gasteiger partial charge in [0.1, 0.15) is 0 Å². The lowest BCUT2D eigenvalue weighted by Gasteiger charge is -2.37. The molecule has 3 aromatic carbocycles. The third-order valence-corrected chi connectivity index (χ3v) is 8.03. The summed E-state index contributed by atoms with van der Waals surface area (Å²) in [4.78, 5) is 0. The fourth-order valence-corrected chi connectivity index (χ4v) is 5.56. The van der Waals surface area contributed by atoms with Crippen molar-refractivity contribution in [2.45, 2.75) is 31.3 Å². The maximum absolute atomic E-state index is 10.3. The molecule has 3 N–H and O–H groups in total. The lowest BCUT2D eigenvalue weighted by Crippen LogP contribution is -2.37. The maximum Gasteiger partial charge on any atom is 0.204 e. The summed E-state index contributed by atoms with van der Waals surface area (Å²) < 4.78 is 41.8. The molecule has 43 heavy (non-hydrogen) atoms. The highest BCUT2D eigenvalue weighted by Gasteiger charge is 2.39. The van der Waals surface area contributed by atoms with Crippen molar-refractivity contribution < 1.29 is 48.5 Å². The Labute approximate surface area is 254 Å². The molecule has 4 unspecified atom stereocenters. The molecule has 5 rings (SSSR count). The predicted octanol–water partition coefficient (Wildman–Crippen LogP) is 4.93. The number of aliphatic hydroxyl groups excluding tert-OH is 2. The molecule has 0 spiro atoms. The van der Waals surface area contributed by atoms with Gasteiger partial charge in [-0.1, -0.05) is 25.1 Å². The summed E-state index contributed by atoms with van der Waals surface area (Å²) >= 11 is 1.82. The van der Waals surface area contributed by atoms with Gasteiger partial charge in [0.25, 0.3) is 0 Å². The second kappa shape index (κ2) is 13.6. The third-order valence-electron chi connectivity index (χ3n) is 7.20. The highest BCUT2D eigenvalue weighted by molar-refractivity contribution is 7.99. The topological polar surface area (TPSA) is 125 Å². The zero-order valence-electron chi connectivity index (χ0n) is 24.4. The van der Waals surface area contributed by atoms with E-state index in [1.54, 1.807) is 31.4 Å². The molecule has 0 saturated heterocycles. The van der Waals surface area contributed by atoms with Gasteiger partial charge in [0.05, 0.1) is 34.5 Å². The minimum Gasteiger partial charge on any atom is -0.504 e. The number of methoxy groups -OCH3 is 3. The van der Waals surface area contributed by atoms with Crippen molar-refractivity contribution >= 4 is 17.8 Å². The van der Waals surface area contributed by atoms with Crippen molar-refractivity contribution in [1.29, 1.82) is 0 Å². The summed E-state index contributed by atoms with van der Waals surface area (Å²) in [5.74, 6) is 4.58. The van der Waals surface area contributed by atoms with Crippen molar-refractivity contribution in [2.24, 2.45) is 0 Å². The summed E-state index contributed by atoms with van der Waals surface area (Å²) in [5, 5.41) is 30.5. The van der Waals surface area contributed by atoms with E-state index >= 15 is 0 Å². The normalized spacial score (nSPS) is 20.6. The van der Waals surface area contributed by atoms with Gasteiger partial charge in [-0.15, -0.1) is 0 Å². The van der Waals surface area contributed by atoms with E-state index in [2.05, 4.69) is 13.0 Å². The number of aromatic hydroxyl groups is 1. The van der Waals surface area contributed by atoms with Crippen molar-refractivity contribution in [3.8, 4) is 46.0 Å². The molecule has 0 bridgehead atoms. The van der Waals surface area contributed by atoms with Gasteiger partial charge in [-0.05, 0) is 47.7 Å². The average Bonchev–Trinajstić information content (AvgIpc) is 3.04. The van der Waals surface area contributed by atoms with Gasteiger partial charge in [0, 0.05) is 16.9 Å². The summed E-state index contributed by atoms with van der Waals surface area (Å²) in [5.41, 5.74) is 2.14. The van der Waals surface area contributed by atoms with Crippen molar-refractivity contribution in [1.82, 2.24) is 0 Å². The second-order valence-corrected chi connectivity index (χ2v) is 11.2. The molecule has 2 aliphatic rings. The van der Waals surface area contributed by atoms with Crippen molar-refractivity contribution in [2.75, 3.05) is 46.0 Å². The highest BCUT2D eigenvalue weighted by Crippen LogP contribution is 2.51. The first-order valence-electron chi connectivity index (χ1n) is 13.9. The summed E-state index contributed by atoms with van der Waals surface area (Å²) in [6, 6.07) is 12.0. The van der Waals surface area contributed by atoms with Crippen LogP contribution in [0.25, 0.3) is 6.08 Å². The molecule has 11 heteroatoms. The average molecular weight is 613 g/mol. The maximum atomic E-state index is 10.3. The number of rotatable bonds is 11.